The lowest BCUT2D eigenvalue weighted by Gasteiger charge is -2.28. The first kappa shape index (κ1) is 18.6. The zero-order valence-electron chi connectivity index (χ0n) is 14.2. The third-order valence-electron chi connectivity index (χ3n) is 3.97. The molecule has 9 heteroatoms. The number of hydrogen-bond acceptors (Lipinski definition) is 4. The zero-order valence-corrected chi connectivity index (χ0v) is 14.2. The van der Waals surface area contributed by atoms with Gasteiger partial charge in [0, 0.05) is 24.9 Å². The third kappa shape index (κ3) is 3.40. The summed E-state index contributed by atoms with van der Waals surface area (Å²) >= 11 is 0. The van der Waals surface area contributed by atoms with E-state index in [1.165, 1.54) is 12.4 Å². The van der Waals surface area contributed by atoms with Gasteiger partial charge in [0.2, 0.25) is 5.91 Å². The minimum absolute atomic E-state index is 0.146. The van der Waals surface area contributed by atoms with Gasteiger partial charge >= 0.3 is 11.8 Å². The van der Waals surface area contributed by atoms with E-state index in [1.54, 1.807) is 47.8 Å². The van der Waals surface area contributed by atoms with Crippen molar-refractivity contribution in [1.29, 1.82) is 0 Å². The van der Waals surface area contributed by atoms with Crippen LogP contribution in [-0.4, -0.2) is 39.4 Å². The number of rotatable bonds is 4. The maximum Gasteiger partial charge on any atom is 0.442 e. The maximum atomic E-state index is 13.8. The van der Waals surface area contributed by atoms with Crippen molar-refractivity contribution in [2.75, 3.05) is 0 Å². The average Bonchev–Trinajstić information content (AvgIpc) is 2.90. The molecule has 0 saturated heterocycles. The van der Waals surface area contributed by atoms with Crippen LogP contribution in [-0.2, 0) is 16.1 Å². The first-order chi connectivity index (χ1) is 12.7. The Morgan fingerprint density at radius 2 is 1.78 bits per heavy atom. The summed E-state index contributed by atoms with van der Waals surface area (Å²) in [6, 6.07) is 11.2. The lowest BCUT2D eigenvalue weighted by atomic mass is 10.1. The smallest absolute Gasteiger partial charge is 0.317 e. The number of hydrogen-bond donors (Lipinski definition) is 1. The molecule has 1 aliphatic rings. The molecule has 1 aromatic carbocycles. The van der Waals surface area contributed by atoms with Gasteiger partial charge in [-0.3, -0.25) is 19.5 Å². The number of carbonyl (C=O) groups is 2. The van der Waals surface area contributed by atoms with Crippen molar-refractivity contribution in [3.8, 4) is 0 Å². The van der Waals surface area contributed by atoms with Crippen molar-refractivity contribution in [3.63, 3.8) is 0 Å². The highest BCUT2D eigenvalue weighted by Gasteiger charge is 2.66. The Hall–Kier alpha value is -3.23. The van der Waals surface area contributed by atoms with E-state index in [1.807, 2.05) is 0 Å². The molecule has 2 aromatic rings. The number of aromatic nitrogens is 1. The molecule has 140 valence electrons. The quantitative estimate of drug-likeness (QED) is 0.890. The number of halogens is 3. The molecule has 0 radical (unpaired) electrons. The summed E-state index contributed by atoms with van der Waals surface area (Å²) in [6.07, 6.45) is -2.16. The number of nitrogens with zero attached hydrogens (tertiary/aromatic N) is 3. The fourth-order valence-electron chi connectivity index (χ4n) is 2.78. The van der Waals surface area contributed by atoms with Gasteiger partial charge in [0.15, 0.2) is 0 Å². The molecule has 2 amide bonds. The van der Waals surface area contributed by atoms with Crippen molar-refractivity contribution in [3.05, 3.63) is 66.0 Å². The van der Waals surface area contributed by atoms with Crippen LogP contribution in [0.3, 0.4) is 0 Å². The van der Waals surface area contributed by atoms with E-state index in [9.17, 15) is 22.8 Å². The van der Waals surface area contributed by atoms with Gasteiger partial charge in [-0.05, 0) is 17.7 Å². The van der Waals surface area contributed by atoms with Gasteiger partial charge in [-0.25, -0.2) is 4.99 Å². The van der Waals surface area contributed by atoms with Crippen LogP contribution >= 0.6 is 0 Å². The predicted octanol–water partition coefficient (Wildman–Crippen LogP) is 2.27. The van der Waals surface area contributed by atoms with E-state index >= 15 is 0 Å². The second-order valence-corrected chi connectivity index (χ2v) is 5.94. The van der Waals surface area contributed by atoms with E-state index in [-0.39, 0.29) is 12.4 Å². The fraction of sp³-hybridized carbons (Fsp3) is 0.222. The van der Waals surface area contributed by atoms with E-state index in [0.29, 0.717) is 11.1 Å². The molecule has 1 aliphatic heterocycles. The number of amidine groups is 1. The van der Waals surface area contributed by atoms with Crippen LogP contribution < -0.4 is 5.32 Å². The Morgan fingerprint density at radius 1 is 1.15 bits per heavy atom. The number of alkyl halides is 3. The highest BCUT2D eigenvalue weighted by Crippen LogP contribution is 2.38. The normalized spacial score (nSPS) is 19.8. The largest absolute Gasteiger partial charge is 0.442 e. The maximum absolute atomic E-state index is 13.8. The Labute approximate surface area is 152 Å². The molecule has 1 atom stereocenters. The molecule has 1 aromatic heterocycles. The molecule has 27 heavy (non-hydrogen) atoms. The van der Waals surface area contributed by atoms with Crippen LogP contribution in [0.4, 0.5) is 13.2 Å². The number of carbonyl (C=O) groups excluding carboxylic acids is 2. The number of nitrogens with one attached hydrogen (secondary N) is 1. The molecule has 3 rings (SSSR count). The first-order valence-corrected chi connectivity index (χ1v) is 7.96. The number of pyridine rings is 1. The van der Waals surface area contributed by atoms with Crippen LogP contribution in [0.5, 0.6) is 0 Å². The summed E-state index contributed by atoms with van der Waals surface area (Å²) in [5.74, 6) is -2.54. The summed E-state index contributed by atoms with van der Waals surface area (Å²) in [4.78, 5) is 32.8. The number of aliphatic imine (C=N–C) groups is 1. The Kier molecular flexibility index (Phi) is 4.69. The van der Waals surface area contributed by atoms with E-state index in [0.717, 1.165) is 11.8 Å². The molecule has 6 nitrogen and oxygen atoms in total. The molecular weight excluding hydrogens is 361 g/mol. The molecule has 2 heterocycles. The Balaban J connectivity index is 2.13. The number of benzene rings is 1. The van der Waals surface area contributed by atoms with Crippen LogP contribution in [0.1, 0.15) is 18.1 Å². The van der Waals surface area contributed by atoms with Gasteiger partial charge in [-0.15, -0.1) is 0 Å². The molecule has 0 spiro atoms. The van der Waals surface area contributed by atoms with E-state index < -0.39 is 23.7 Å². The first-order valence-electron chi connectivity index (χ1n) is 7.96. The lowest BCUT2D eigenvalue weighted by molar-refractivity contribution is -0.200. The third-order valence-corrected chi connectivity index (χ3v) is 3.97. The SMILES string of the molecule is CC(=O)NC1(C(F)(F)F)N=C(c2ccccc2)N(Cc2ccncc2)C1=O. The lowest BCUT2D eigenvalue weighted by Crippen LogP contribution is -2.62. The molecule has 1 unspecified atom stereocenters. The molecular formula is C18H15F3N4O2. The van der Waals surface area contributed by atoms with Crippen LogP contribution in [0.15, 0.2) is 59.9 Å². The predicted molar refractivity (Wildman–Crippen MR) is 90.4 cm³/mol. The highest BCUT2D eigenvalue weighted by molar-refractivity contribution is 6.16. The van der Waals surface area contributed by atoms with Gasteiger partial charge < -0.3 is 5.32 Å². The molecule has 0 aliphatic carbocycles. The van der Waals surface area contributed by atoms with Crippen molar-refractivity contribution in [2.45, 2.75) is 25.3 Å². The van der Waals surface area contributed by atoms with Gasteiger partial charge in [-0.2, -0.15) is 13.2 Å². The Morgan fingerprint density at radius 3 is 2.33 bits per heavy atom. The van der Waals surface area contributed by atoms with E-state index in [2.05, 4.69) is 9.98 Å². The highest BCUT2D eigenvalue weighted by atomic mass is 19.4. The topological polar surface area (TPSA) is 74.7 Å². The van der Waals surface area contributed by atoms with Crippen LogP contribution in [0, 0.1) is 0 Å². The van der Waals surface area contributed by atoms with Crippen molar-refractivity contribution < 1.29 is 22.8 Å². The average molecular weight is 376 g/mol. The van der Waals surface area contributed by atoms with Gasteiger partial charge in [0.1, 0.15) is 5.84 Å². The van der Waals surface area contributed by atoms with Crippen molar-refractivity contribution in [2.24, 2.45) is 4.99 Å². The number of amides is 2. The van der Waals surface area contributed by atoms with Crippen molar-refractivity contribution >= 4 is 17.6 Å². The standard InChI is InChI=1S/C18H15F3N4O2/c1-12(26)23-17(18(19,20)21)16(27)25(11-13-7-9-22-10-8-13)15(24-17)14-5-3-2-4-6-14/h2-10H,11H2,1H3,(H,23,26). The second kappa shape index (κ2) is 6.82. The summed E-state index contributed by atoms with van der Waals surface area (Å²) in [7, 11) is 0. The van der Waals surface area contributed by atoms with Gasteiger partial charge in [-0.1, -0.05) is 30.3 Å². The fourth-order valence-corrected chi connectivity index (χ4v) is 2.78. The minimum Gasteiger partial charge on any atom is -0.317 e. The van der Waals surface area contributed by atoms with Crippen LogP contribution in [0.25, 0.3) is 0 Å². The van der Waals surface area contributed by atoms with Crippen molar-refractivity contribution in [1.82, 2.24) is 15.2 Å². The van der Waals surface area contributed by atoms with Gasteiger partial charge in [0.25, 0.3) is 5.91 Å². The summed E-state index contributed by atoms with van der Waals surface area (Å²) in [6.45, 7) is 0.760. The molecule has 0 bridgehead atoms. The summed E-state index contributed by atoms with van der Waals surface area (Å²) in [5.41, 5.74) is -2.45. The Bertz CT molecular complexity index is 884. The summed E-state index contributed by atoms with van der Waals surface area (Å²) in [5, 5.41) is 1.71. The molecule has 0 fully saturated rings. The van der Waals surface area contributed by atoms with Gasteiger partial charge in [0.05, 0.1) is 6.54 Å². The monoisotopic (exact) mass is 376 g/mol. The van der Waals surface area contributed by atoms with E-state index in [4.69, 9.17) is 0 Å². The molecule has 1 N–H and O–H groups in total. The molecule has 0 saturated carbocycles. The summed E-state index contributed by atoms with van der Waals surface area (Å²) < 4.78 is 41.5. The van der Waals surface area contributed by atoms with Crippen LogP contribution in [0.2, 0.25) is 0 Å². The second-order valence-electron chi connectivity index (χ2n) is 5.94. The minimum atomic E-state index is -5.11. The zero-order chi connectivity index (χ0) is 19.7.